The Kier molecular flexibility index (Phi) is 3.40. The van der Waals surface area contributed by atoms with E-state index in [0.29, 0.717) is 5.17 Å². The fourth-order valence-corrected chi connectivity index (χ4v) is 0.339. The Morgan fingerprint density at radius 2 is 2.57 bits per heavy atom. The van der Waals surface area contributed by atoms with Crippen LogP contribution < -0.4 is 5.73 Å². The van der Waals surface area contributed by atoms with Crippen molar-refractivity contribution in [1.29, 1.82) is 5.41 Å². The van der Waals surface area contributed by atoms with E-state index in [-0.39, 0.29) is 0 Å². The second-order valence-corrected chi connectivity index (χ2v) is 1.69. The molecule has 0 aliphatic rings. The maximum Gasteiger partial charge on any atom is 0.159 e. The first kappa shape index (κ1) is 6.49. The molecule has 40 valence electrons. The summed E-state index contributed by atoms with van der Waals surface area (Å²) in [7, 11) is 1.59. The van der Waals surface area contributed by atoms with Crippen molar-refractivity contribution in [2.45, 2.75) is 0 Å². The van der Waals surface area contributed by atoms with Crippen molar-refractivity contribution >= 4 is 22.5 Å². The number of hydrogen-bond acceptors (Lipinski definition) is 3. The Balaban J connectivity index is 3.36. The van der Waals surface area contributed by atoms with Crippen LogP contribution >= 0.6 is 11.8 Å². The smallest absolute Gasteiger partial charge is 0.159 e. The highest BCUT2D eigenvalue weighted by atomic mass is 32.2. The molecular weight excluding hydrogens is 110 g/mol. The molecule has 0 aromatic heterocycles. The molecule has 3 N–H and O–H groups in total. The third kappa shape index (κ3) is 3.32. The van der Waals surface area contributed by atoms with E-state index in [1.165, 1.54) is 0 Å². The fourth-order valence-electron chi connectivity index (χ4n) is 0.113. The molecule has 0 spiro atoms. The molecule has 4 heteroatoms. The van der Waals surface area contributed by atoms with Gasteiger partial charge in [0.15, 0.2) is 5.17 Å². The maximum absolute atomic E-state index is 6.51. The summed E-state index contributed by atoms with van der Waals surface area (Å²) in [6, 6.07) is 0. The quantitative estimate of drug-likeness (QED) is 0.382. The lowest BCUT2D eigenvalue weighted by atomic mass is 11.3. The maximum atomic E-state index is 6.51. The predicted molar refractivity (Wildman–Crippen MR) is 33.9 cm³/mol. The van der Waals surface area contributed by atoms with Crippen LogP contribution in [0.15, 0.2) is 4.99 Å². The Morgan fingerprint density at radius 3 is 2.71 bits per heavy atom. The Hall–Kier alpha value is -0.510. The van der Waals surface area contributed by atoms with E-state index < -0.39 is 0 Å². The van der Waals surface area contributed by atoms with Crippen molar-refractivity contribution in [2.75, 3.05) is 7.05 Å². The molecule has 0 saturated heterocycles. The molecule has 0 aliphatic carbocycles. The second kappa shape index (κ2) is 3.67. The van der Waals surface area contributed by atoms with Gasteiger partial charge in [-0.05, 0) is 11.8 Å². The highest BCUT2D eigenvalue weighted by molar-refractivity contribution is 8.24. The van der Waals surface area contributed by atoms with Crippen molar-refractivity contribution in [3.8, 4) is 0 Å². The Morgan fingerprint density at radius 1 is 2.00 bits per heavy atom. The van der Waals surface area contributed by atoms with E-state index >= 15 is 0 Å². The van der Waals surface area contributed by atoms with Crippen molar-refractivity contribution in [3.63, 3.8) is 0 Å². The van der Waals surface area contributed by atoms with E-state index in [1.807, 2.05) is 0 Å². The van der Waals surface area contributed by atoms with Crippen LogP contribution in [0, 0.1) is 5.41 Å². The third-order valence-electron chi connectivity index (χ3n) is 0.400. The molecule has 0 atom stereocenters. The van der Waals surface area contributed by atoms with Crippen molar-refractivity contribution in [1.82, 2.24) is 0 Å². The summed E-state index contributed by atoms with van der Waals surface area (Å²) >= 11 is 1.10. The predicted octanol–water partition coefficient (Wildman–Crippen LogP) is 0.271. The van der Waals surface area contributed by atoms with Gasteiger partial charge in [0.05, 0.1) is 5.55 Å². The van der Waals surface area contributed by atoms with Crippen LogP contribution in [-0.2, 0) is 0 Å². The molecule has 0 aromatic carbocycles. The number of nitrogens with one attached hydrogen (secondary N) is 1. The molecule has 0 rings (SSSR count). The highest BCUT2D eigenvalue weighted by Crippen LogP contribution is 1.89. The van der Waals surface area contributed by atoms with Crippen LogP contribution in [0.4, 0.5) is 0 Å². The molecule has 0 radical (unpaired) electrons. The average molecular weight is 117 g/mol. The summed E-state index contributed by atoms with van der Waals surface area (Å²) in [5.41, 5.74) is 6.29. The van der Waals surface area contributed by atoms with Crippen molar-refractivity contribution < 1.29 is 0 Å². The van der Waals surface area contributed by atoms with Crippen molar-refractivity contribution in [2.24, 2.45) is 10.7 Å². The van der Waals surface area contributed by atoms with Gasteiger partial charge in [0, 0.05) is 7.05 Å². The minimum Gasteiger partial charge on any atom is -0.378 e. The van der Waals surface area contributed by atoms with Gasteiger partial charge in [-0.2, -0.15) is 0 Å². The summed E-state index contributed by atoms with van der Waals surface area (Å²) in [6.07, 6.45) is 0. The Labute approximate surface area is 46.5 Å². The van der Waals surface area contributed by atoms with E-state index in [2.05, 4.69) is 4.99 Å². The first-order valence-corrected chi connectivity index (χ1v) is 2.57. The number of amidine groups is 1. The largest absolute Gasteiger partial charge is 0.378 e. The van der Waals surface area contributed by atoms with Gasteiger partial charge in [0.2, 0.25) is 0 Å². The van der Waals surface area contributed by atoms with Gasteiger partial charge >= 0.3 is 0 Å². The number of thioether (sulfide) groups is 1. The van der Waals surface area contributed by atoms with Gasteiger partial charge < -0.3 is 11.1 Å². The standard InChI is InChI=1S/C3H7N3S/c1-6-3(5)7-2-4/h2,4H,1H3,(H2,5,6). The van der Waals surface area contributed by atoms with Gasteiger partial charge in [-0.15, -0.1) is 0 Å². The molecule has 0 fully saturated rings. The molecule has 0 amide bonds. The molecule has 3 nitrogen and oxygen atoms in total. The van der Waals surface area contributed by atoms with Gasteiger partial charge in [-0.1, -0.05) is 0 Å². The molecule has 0 aliphatic heterocycles. The van der Waals surface area contributed by atoms with Gasteiger partial charge in [-0.3, -0.25) is 4.99 Å². The molecular formula is C3H7N3S. The second-order valence-electron chi connectivity index (χ2n) is 0.798. The van der Waals surface area contributed by atoms with Crippen LogP contribution in [0.3, 0.4) is 0 Å². The summed E-state index contributed by atoms with van der Waals surface area (Å²) in [6.45, 7) is 0. The first-order valence-electron chi connectivity index (χ1n) is 1.69. The zero-order valence-corrected chi connectivity index (χ0v) is 4.83. The minimum atomic E-state index is 0.426. The molecule has 7 heavy (non-hydrogen) atoms. The number of hydrogen-bond donors (Lipinski definition) is 2. The van der Waals surface area contributed by atoms with Gasteiger partial charge in [0.1, 0.15) is 0 Å². The number of nitrogens with two attached hydrogens (primary N) is 1. The normalized spacial score (nSPS) is 11.3. The summed E-state index contributed by atoms with van der Waals surface area (Å²) in [5, 5.41) is 6.94. The van der Waals surface area contributed by atoms with Crippen LogP contribution in [0.5, 0.6) is 0 Å². The molecule has 0 unspecified atom stereocenters. The monoisotopic (exact) mass is 117 g/mol. The minimum absolute atomic E-state index is 0.426. The SMILES string of the molecule is CN=C(N)SC=N. The number of aliphatic imine (C=N–C) groups is 1. The Bertz CT molecular complexity index is 88.2. The van der Waals surface area contributed by atoms with E-state index in [0.717, 1.165) is 17.3 Å². The molecule has 0 aromatic rings. The summed E-state index contributed by atoms with van der Waals surface area (Å²) < 4.78 is 0. The third-order valence-corrected chi connectivity index (χ3v) is 0.942. The zero-order chi connectivity index (χ0) is 5.70. The van der Waals surface area contributed by atoms with E-state index in [4.69, 9.17) is 11.1 Å². The topological polar surface area (TPSA) is 62.2 Å². The lowest BCUT2D eigenvalue weighted by Crippen LogP contribution is -2.04. The number of nitrogens with zero attached hydrogens (tertiary/aromatic N) is 1. The average Bonchev–Trinajstić information content (AvgIpc) is 1.68. The van der Waals surface area contributed by atoms with Crippen LogP contribution in [0.25, 0.3) is 0 Å². The van der Waals surface area contributed by atoms with Gasteiger partial charge in [-0.25, -0.2) is 0 Å². The summed E-state index contributed by atoms with van der Waals surface area (Å²) in [4.78, 5) is 3.58. The first-order chi connectivity index (χ1) is 3.31. The van der Waals surface area contributed by atoms with E-state index in [9.17, 15) is 0 Å². The zero-order valence-electron chi connectivity index (χ0n) is 4.01. The van der Waals surface area contributed by atoms with Crippen LogP contribution in [0.2, 0.25) is 0 Å². The lowest BCUT2D eigenvalue weighted by Gasteiger charge is -1.85. The number of rotatable bonds is 1. The molecule has 0 saturated carbocycles. The lowest BCUT2D eigenvalue weighted by molar-refractivity contribution is 1.44. The van der Waals surface area contributed by atoms with Crippen molar-refractivity contribution in [3.05, 3.63) is 0 Å². The molecule has 0 bridgehead atoms. The van der Waals surface area contributed by atoms with Gasteiger partial charge in [0.25, 0.3) is 0 Å². The fraction of sp³-hybridized carbons (Fsp3) is 0.333. The summed E-state index contributed by atoms with van der Waals surface area (Å²) in [5.74, 6) is 0. The molecule has 0 heterocycles. The highest BCUT2D eigenvalue weighted by Gasteiger charge is 1.80. The van der Waals surface area contributed by atoms with Crippen LogP contribution in [-0.4, -0.2) is 17.8 Å². The van der Waals surface area contributed by atoms with E-state index in [1.54, 1.807) is 7.05 Å². The van der Waals surface area contributed by atoms with Crippen LogP contribution in [0.1, 0.15) is 0 Å².